The van der Waals surface area contributed by atoms with E-state index >= 15 is 0 Å². The summed E-state index contributed by atoms with van der Waals surface area (Å²) in [6.45, 7) is 7.07. The molecule has 0 spiro atoms. The zero-order valence-electron chi connectivity index (χ0n) is 7.90. The van der Waals surface area contributed by atoms with Gasteiger partial charge in [-0.05, 0) is 17.7 Å². The second-order valence-corrected chi connectivity index (χ2v) is 5.06. The molecule has 0 saturated heterocycles. The van der Waals surface area contributed by atoms with Crippen molar-refractivity contribution in [3.63, 3.8) is 0 Å². The van der Waals surface area contributed by atoms with Gasteiger partial charge in [0.15, 0.2) is 9.84 Å². The summed E-state index contributed by atoms with van der Waals surface area (Å²) in [7, 11) is -3.10. The molecule has 0 N–H and O–H groups in total. The van der Waals surface area contributed by atoms with Crippen LogP contribution in [0.5, 0.6) is 0 Å². The van der Waals surface area contributed by atoms with Crippen molar-refractivity contribution in [2.75, 3.05) is 12.8 Å². The van der Waals surface area contributed by atoms with Gasteiger partial charge in [-0.3, -0.25) is 0 Å². The number of hydrogen-bond donors (Lipinski definition) is 0. The molecule has 0 atom stereocenters. The maximum atomic E-state index is 11.1. The molecule has 3 nitrogen and oxygen atoms in total. The smallest absolute Gasteiger partial charge is 0.218 e. The van der Waals surface area contributed by atoms with Gasteiger partial charge in [-0.1, -0.05) is 12.1 Å². The number of sulfone groups is 1. The van der Waals surface area contributed by atoms with E-state index in [0.29, 0.717) is 17.9 Å². The normalized spacial score (nSPS) is 10.9. The molecule has 0 saturated carbocycles. The summed E-state index contributed by atoms with van der Waals surface area (Å²) >= 11 is 0. The Morgan fingerprint density at radius 2 is 1.86 bits per heavy atom. The molecule has 14 heavy (non-hydrogen) atoms. The number of rotatable bonds is 3. The molecule has 0 fully saturated rings. The molecule has 0 radical (unpaired) electrons. The highest BCUT2D eigenvalue weighted by atomic mass is 32.2. The molecule has 0 aromatic heterocycles. The Morgan fingerprint density at radius 3 is 2.29 bits per heavy atom. The Balaban J connectivity index is 2.86. The van der Waals surface area contributed by atoms with Crippen molar-refractivity contribution in [3.8, 4) is 0 Å². The van der Waals surface area contributed by atoms with Crippen LogP contribution >= 0.6 is 0 Å². The van der Waals surface area contributed by atoms with Crippen molar-refractivity contribution >= 4 is 9.84 Å². The van der Waals surface area contributed by atoms with E-state index in [1.807, 2.05) is 0 Å². The van der Waals surface area contributed by atoms with Crippen LogP contribution in [-0.2, 0) is 16.3 Å². The standard InChI is InChI=1S/C10H11NO2S/c1-11-8-7-9-3-5-10(6-4-9)14(2,12)13/h3-6H,7-8H2,2H3. The molecule has 0 unspecified atom stereocenters. The lowest BCUT2D eigenvalue weighted by Gasteiger charge is -1.99. The summed E-state index contributed by atoms with van der Waals surface area (Å²) in [5, 5.41) is 0. The monoisotopic (exact) mass is 209 g/mol. The third-order valence-corrected chi connectivity index (χ3v) is 2.99. The van der Waals surface area contributed by atoms with Crippen LogP contribution in [0, 0.1) is 6.57 Å². The molecule has 4 heteroatoms. The van der Waals surface area contributed by atoms with E-state index in [2.05, 4.69) is 4.85 Å². The molecule has 1 aromatic rings. The molecule has 0 bridgehead atoms. The van der Waals surface area contributed by atoms with Crippen molar-refractivity contribution in [2.24, 2.45) is 0 Å². The second-order valence-electron chi connectivity index (χ2n) is 3.05. The number of hydrogen-bond acceptors (Lipinski definition) is 2. The predicted octanol–water partition coefficient (Wildman–Crippen LogP) is 1.55. The van der Waals surface area contributed by atoms with Crippen LogP contribution in [0.15, 0.2) is 29.2 Å². The maximum Gasteiger partial charge on any atom is 0.218 e. The quantitative estimate of drug-likeness (QED) is 0.708. The van der Waals surface area contributed by atoms with E-state index in [1.165, 1.54) is 6.26 Å². The molecule has 0 aliphatic rings. The zero-order valence-corrected chi connectivity index (χ0v) is 8.71. The molecule has 0 aliphatic heterocycles. The predicted molar refractivity (Wildman–Crippen MR) is 54.7 cm³/mol. The molecule has 0 amide bonds. The first-order valence-electron chi connectivity index (χ1n) is 4.16. The fourth-order valence-corrected chi connectivity index (χ4v) is 1.72. The number of nitrogens with zero attached hydrogens (tertiary/aromatic N) is 1. The van der Waals surface area contributed by atoms with E-state index in [0.717, 1.165) is 5.56 Å². The first kappa shape index (κ1) is 10.7. The largest absolute Gasteiger partial charge is 0.317 e. The van der Waals surface area contributed by atoms with Crippen molar-refractivity contribution in [2.45, 2.75) is 11.3 Å². The van der Waals surface area contributed by atoms with E-state index in [4.69, 9.17) is 6.57 Å². The lowest BCUT2D eigenvalue weighted by molar-refractivity contribution is 0.602. The Hall–Kier alpha value is -1.34. The first-order valence-corrected chi connectivity index (χ1v) is 6.05. The average molecular weight is 209 g/mol. The lowest BCUT2D eigenvalue weighted by Crippen LogP contribution is -1.97. The molecular weight excluding hydrogens is 198 g/mol. The van der Waals surface area contributed by atoms with Gasteiger partial charge in [0.05, 0.1) is 4.90 Å². The van der Waals surface area contributed by atoms with Crippen LogP contribution in [-0.4, -0.2) is 21.2 Å². The summed E-state index contributed by atoms with van der Waals surface area (Å²) in [6, 6.07) is 6.66. The molecule has 1 aromatic carbocycles. The molecular formula is C10H11NO2S. The van der Waals surface area contributed by atoms with Crippen molar-refractivity contribution in [1.82, 2.24) is 0 Å². The van der Waals surface area contributed by atoms with E-state index in [9.17, 15) is 8.42 Å². The first-order chi connectivity index (χ1) is 6.54. The molecule has 0 aliphatic carbocycles. The summed E-state index contributed by atoms with van der Waals surface area (Å²) < 4.78 is 22.2. The minimum absolute atomic E-state index is 0.323. The van der Waals surface area contributed by atoms with Crippen LogP contribution in [0.2, 0.25) is 0 Å². The third-order valence-electron chi connectivity index (χ3n) is 1.86. The maximum absolute atomic E-state index is 11.1. The Morgan fingerprint density at radius 1 is 1.29 bits per heavy atom. The van der Waals surface area contributed by atoms with Gasteiger partial charge in [0, 0.05) is 12.7 Å². The second kappa shape index (κ2) is 4.25. The summed E-state index contributed by atoms with van der Waals surface area (Å²) in [5.41, 5.74) is 0.994. The molecule has 74 valence electrons. The Bertz CT molecular complexity index is 440. The topological polar surface area (TPSA) is 38.5 Å². The van der Waals surface area contributed by atoms with E-state index < -0.39 is 9.84 Å². The summed E-state index contributed by atoms with van der Waals surface area (Å²) in [5.74, 6) is 0. The minimum Gasteiger partial charge on any atom is -0.317 e. The highest BCUT2D eigenvalue weighted by molar-refractivity contribution is 7.90. The van der Waals surface area contributed by atoms with Gasteiger partial charge in [0.25, 0.3) is 0 Å². The van der Waals surface area contributed by atoms with Crippen molar-refractivity contribution in [1.29, 1.82) is 0 Å². The van der Waals surface area contributed by atoms with Crippen molar-refractivity contribution < 1.29 is 8.42 Å². The van der Waals surface area contributed by atoms with Crippen molar-refractivity contribution in [3.05, 3.63) is 41.2 Å². The third kappa shape index (κ3) is 2.86. The average Bonchev–Trinajstić information content (AvgIpc) is 2.14. The van der Waals surface area contributed by atoms with Gasteiger partial charge in [0.2, 0.25) is 6.54 Å². The summed E-state index contributed by atoms with van der Waals surface area (Å²) in [6.07, 6.45) is 1.86. The highest BCUT2D eigenvalue weighted by Crippen LogP contribution is 2.10. The zero-order chi connectivity index (χ0) is 10.6. The van der Waals surface area contributed by atoms with E-state index in [1.54, 1.807) is 24.3 Å². The molecule has 0 heterocycles. The van der Waals surface area contributed by atoms with Crippen LogP contribution in [0.4, 0.5) is 0 Å². The van der Waals surface area contributed by atoms with Crippen LogP contribution in [0.3, 0.4) is 0 Å². The molecule has 1 rings (SSSR count). The number of benzene rings is 1. The Labute approximate surface area is 84.1 Å². The van der Waals surface area contributed by atoms with Gasteiger partial charge in [-0.2, -0.15) is 0 Å². The van der Waals surface area contributed by atoms with Gasteiger partial charge in [0.1, 0.15) is 0 Å². The van der Waals surface area contributed by atoms with Crippen LogP contribution in [0.1, 0.15) is 5.56 Å². The highest BCUT2D eigenvalue weighted by Gasteiger charge is 2.05. The Kier molecular flexibility index (Phi) is 3.26. The van der Waals surface area contributed by atoms with Crippen LogP contribution in [0.25, 0.3) is 4.85 Å². The summed E-state index contributed by atoms with van der Waals surface area (Å²) in [4.78, 5) is 3.56. The fourth-order valence-electron chi connectivity index (χ4n) is 1.09. The van der Waals surface area contributed by atoms with Gasteiger partial charge in [-0.25, -0.2) is 15.0 Å². The van der Waals surface area contributed by atoms with Gasteiger partial charge in [-0.15, -0.1) is 0 Å². The minimum atomic E-state index is -3.10. The van der Waals surface area contributed by atoms with Gasteiger partial charge >= 0.3 is 0 Å². The van der Waals surface area contributed by atoms with E-state index in [-0.39, 0.29) is 0 Å². The SMILES string of the molecule is [C-]#[N+]CCc1ccc(S(C)(=O)=O)cc1. The fraction of sp³-hybridized carbons (Fsp3) is 0.300. The lowest BCUT2D eigenvalue weighted by atomic mass is 10.2. The van der Waals surface area contributed by atoms with Gasteiger partial charge < -0.3 is 4.85 Å². The van der Waals surface area contributed by atoms with Crippen LogP contribution < -0.4 is 0 Å².